The van der Waals surface area contributed by atoms with Gasteiger partial charge in [0, 0.05) is 5.41 Å². The molecule has 0 heteroatoms. The second-order valence-electron chi connectivity index (χ2n) is 17.0. The topological polar surface area (TPSA) is 0 Å². The van der Waals surface area contributed by atoms with Crippen molar-refractivity contribution < 1.29 is 0 Å². The van der Waals surface area contributed by atoms with Crippen molar-refractivity contribution in [3.8, 4) is 33.4 Å². The van der Waals surface area contributed by atoms with Crippen molar-refractivity contribution in [2.75, 3.05) is 0 Å². The maximum absolute atomic E-state index is 2.59. The van der Waals surface area contributed by atoms with E-state index in [-0.39, 0.29) is 10.8 Å². The summed E-state index contributed by atoms with van der Waals surface area (Å²) in [6.45, 7) is 12.1. The van der Waals surface area contributed by atoms with Crippen LogP contribution in [0.3, 0.4) is 0 Å². The molecule has 0 heterocycles. The second-order valence-corrected chi connectivity index (χ2v) is 17.0. The van der Waals surface area contributed by atoms with Gasteiger partial charge in [-0.3, -0.25) is 0 Å². The van der Waals surface area contributed by atoms with E-state index in [0.717, 1.165) is 19.3 Å². The first kappa shape index (κ1) is 29.5. The first-order valence-corrected chi connectivity index (χ1v) is 18.9. The summed E-state index contributed by atoms with van der Waals surface area (Å²) in [6, 6.07) is 35.3. The average molecular weight is 655 g/mol. The molecule has 0 fully saturated rings. The zero-order chi connectivity index (χ0) is 34.4. The Labute approximate surface area is 301 Å². The number of allylic oxidation sites excluding steroid dienone is 8. The van der Waals surface area contributed by atoms with Crippen LogP contribution in [0.1, 0.15) is 86.4 Å². The number of hydrogen-bond donors (Lipinski definition) is 0. The first-order valence-electron chi connectivity index (χ1n) is 18.9. The lowest BCUT2D eigenvalue weighted by Crippen LogP contribution is -2.19. The van der Waals surface area contributed by atoms with E-state index in [4.69, 9.17) is 0 Å². The van der Waals surface area contributed by atoms with Crippen molar-refractivity contribution in [1.29, 1.82) is 0 Å². The zero-order valence-electron chi connectivity index (χ0n) is 30.2. The molecule has 0 radical (unpaired) electrons. The molecule has 0 nitrogen and oxygen atoms in total. The molecule has 246 valence electrons. The van der Waals surface area contributed by atoms with Crippen LogP contribution in [0.5, 0.6) is 0 Å². The molecule has 0 amide bonds. The molecule has 11 rings (SSSR count). The smallest absolute Gasteiger partial charge is 0.0159 e. The molecule has 0 N–H and O–H groups in total. The van der Waals surface area contributed by atoms with Crippen molar-refractivity contribution in [2.45, 2.75) is 64.7 Å². The minimum absolute atomic E-state index is 0.00392. The molecule has 6 aromatic carbocycles. The van der Waals surface area contributed by atoms with Gasteiger partial charge in [0.25, 0.3) is 0 Å². The van der Waals surface area contributed by atoms with Crippen LogP contribution in [0.4, 0.5) is 0 Å². The van der Waals surface area contributed by atoms with Gasteiger partial charge in [-0.05, 0) is 159 Å². The molecule has 0 spiro atoms. The average Bonchev–Trinajstić information content (AvgIpc) is 3.72. The Morgan fingerprint density at radius 3 is 2.18 bits per heavy atom. The highest BCUT2D eigenvalue weighted by Gasteiger charge is 2.39. The standard InChI is InChI=1S/C51H42/c1-29-19-21-34-37-15-9-17-38-35-14-8-11-30(23-24-50(2,3)44(35)27-43(47(37)38)41(34)25-29)31-20-22-39-45(26-31)51(4,5)46-28-42-33-13-7-6-12-32(33)36-16-10-18-40(48(36)42)49(39)46/h6-13,15-23,26-29H,14,24-25H2,1-5H3/b11-8-,30-23+. The van der Waals surface area contributed by atoms with Gasteiger partial charge in [0.15, 0.2) is 0 Å². The normalized spacial score (nSPS) is 21.3. The summed E-state index contributed by atoms with van der Waals surface area (Å²) in [6.07, 6.45) is 15.2. The zero-order valence-corrected chi connectivity index (χ0v) is 30.2. The third-order valence-corrected chi connectivity index (χ3v) is 13.1. The molecule has 1 unspecified atom stereocenters. The fourth-order valence-electron chi connectivity index (χ4n) is 10.5. The quantitative estimate of drug-likeness (QED) is 0.165. The molecule has 1 atom stereocenters. The summed E-state index contributed by atoms with van der Waals surface area (Å²) in [7, 11) is 0. The second kappa shape index (κ2) is 9.98. The lowest BCUT2D eigenvalue weighted by atomic mass is 9.75. The van der Waals surface area contributed by atoms with E-state index in [1.165, 1.54) is 105 Å². The monoisotopic (exact) mass is 654 g/mol. The molecule has 0 aliphatic heterocycles. The van der Waals surface area contributed by atoms with Crippen molar-refractivity contribution in [3.05, 3.63) is 160 Å². The predicted octanol–water partition coefficient (Wildman–Crippen LogP) is 13.6. The van der Waals surface area contributed by atoms with Crippen LogP contribution in [0, 0.1) is 5.92 Å². The number of fused-ring (bicyclic) bond motifs is 11. The van der Waals surface area contributed by atoms with E-state index in [0.29, 0.717) is 5.92 Å². The van der Waals surface area contributed by atoms with E-state index in [9.17, 15) is 0 Å². The Bertz CT molecular complexity index is 2710. The van der Waals surface area contributed by atoms with Crippen LogP contribution in [0.25, 0.3) is 71.6 Å². The molecule has 5 aliphatic rings. The van der Waals surface area contributed by atoms with Gasteiger partial charge in [-0.25, -0.2) is 0 Å². The fourth-order valence-corrected chi connectivity index (χ4v) is 10.5. The van der Waals surface area contributed by atoms with Crippen LogP contribution < -0.4 is 0 Å². The number of hydrogen-bond acceptors (Lipinski definition) is 0. The third-order valence-electron chi connectivity index (χ3n) is 13.1. The van der Waals surface area contributed by atoms with E-state index < -0.39 is 0 Å². The van der Waals surface area contributed by atoms with Gasteiger partial charge in [-0.15, -0.1) is 0 Å². The van der Waals surface area contributed by atoms with Gasteiger partial charge < -0.3 is 0 Å². The van der Waals surface area contributed by atoms with E-state index in [1.54, 1.807) is 5.57 Å². The third kappa shape index (κ3) is 3.86. The van der Waals surface area contributed by atoms with Crippen molar-refractivity contribution >= 4 is 38.3 Å². The summed E-state index contributed by atoms with van der Waals surface area (Å²) in [5.74, 6) is 0.580. The predicted molar refractivity (Wildman–Crippen MR) is 218 cm³/mol. The van der Waals surface area contributed by atoms with E-state index in [2.05, 4.69) is 156 Å². The highest BCUT2D eigenvalue weighted by molar-refractivity contribution is 6.20. The highest BCUT2D eigenvalue weighted by Crippen LogP contribution is 2.58. The summed E-state index contributed by atoms with van der Waals surface area (Å²) < 4.78 is 0. The van der Waals surface area contributed by atoms with Gasteiger partial charge in [0.05, 0.1) is 0 Å². The molecular formula is C51H42. The Balaban J connectivity index is 1.02. The lowest BCUT2D eigenvalue weighted by Gasteiger charge is -2.29. The molecule has 6 aromatic rings. The summed E-state index contributed by atoms with van der Waals surface area (Å²) in [5.41, 5.74) is 22.7. The molecule has 0 saturated carbocycles. The Morgan fingerprint density at radius 1 is 0.608 bits per heavy atom. The van der Waals surface area contributed by atoms with Gasteiger partial charge in [0.1, 0.15) is 0 Å². The molecule has 0 saturated heterocycles. The van der Waals surface area contributed by atoms with Gasteiger partial charge in [-0.1, -0.05) is 138 Å². The summed E-state index contributed by atoms with van der Waals surface area (Å²) in [5, 5.41) is 5.72. The van der Waals surface area contributed by atoms with Crippen LogP contribution in [-0.4, -0.2) is 0 Å². The van der Waals surface area contributed by atoms with Gasteiger partial charge in [-0.2, -0.15) is 0 Å². The van der Waals surface area contributed by atoms with Crippen LogP contribution in [0.2, 0.25) is 0 Å². The van der Waals surface area contributed by atoms with Crippen LogP contribution >= 0.6 is 0 Å². The lowest BCUT2D eigenvalue weighted by molar-refractivity contribution is 0.531. The largest absolute Gasteiger partial charge is 0.0807 e. The molecule has 0 bridgehead atoms. The minimum atomic E-state index is -0.0999. The molecule has 0 aromatic heterocycles. The Hall–Kier alpha value is -5.20. The van der Waals surface area contributed by atoms with Crippen molar-refractivity contribution in [2.24, 2.45) is 5.92 Å². The maximum Gasteiger partial charge on any atom is 0.0159 e. The fraction of sp³-hybridized carbons (Fsp3) is 0.216. The maximum atomic E-state index is 2.59. The SMILES string of the molecule is CC1C=CC2=C(C1)c1cc3c(c4cccc2c14)C/C=C\C(c1ccc2c(c1)C(C)(C)c1cc4c5c(cccc5c1-2)-c1ccccc1-4)=C/CC3(C)C. The van der Waals surface area contributed by atoms with E-state index in [1.807, 2.05) is 0 Å². The van der Waals surface area contributed by atoms with Crippen LogP contribution in [0.15, 0.2) is 121 Å². The van der Waals surface area contributed by atoms with Gasteiger partial charge in [0.2, 0.25) is 0 Å². The Kier molecular flexibility index (Phi) is 5.78. The van der Waals surface area contributed by atoms with Crippen molar-refractivity contribution in [3.63, 3.8) is 0 Å². The van der Waals surface area contributed by atoms with Gasteiger partial charge >= 0.3 is 0 Å². The first-order chi connectivity index (χ1) is 24.7. The molecular weight excluding hydrogens is 613 g/mol. The molecule has 5 aliphatic carbocycles. The van der Waals surface area contributed by atoms with Crippen LogP contribution in [-0.2, 0) is 17.3 Å². The summed E-state index contributed by atoms with van der Waals surface area (Å²) in [4.78, 5) is 0. The molecule has 51 heavy (non-hydrogen) atoms. The number of rotatable bonds is 1. The summed E-state index contributed by atoms with van der Waals surface area (Å²) >= 11 is 0. The van der Waals surface area contributed by atoms with Crippen molar-refractivity contribution in [1.82, 2.24) is 0 Å². The number of benzene rings is 6. The minimum Gasteiger partial charge on any atom is -0.0807 e. The highest BCUT2D eigenvalue weighted by atomic mass is 14.4. The Morgan fingerprint density at radius 2 is 1.33 bits per heavy atom. The van der Waals surface area contributed by atoms with E-state index >= 15 is 0 Å².